The number of hydrogen-bond donors (Lipinski definition) is 0. The van der Waals surface area contributed by atoms with E-state index < -0.39 is 15.8 Å². The molecule has 0 N–H and O–H groups in total. The van der Waals surface area contributed by atoms with Crippen LogP contribution >= 0.6 is 0 Å². The molecule has 2 aromatic carbocycles. The second kappa shape index (κ2) is 7.70. The molecule has 0 spiro atoms. The van der Waals surface area contributed by atoms with Gasteiger partial charge < -0.3 is 9.47 Å². The topological polar surface area (TPSA) is 69.7 Å². The van der Waals surface area contributed by atoms with Crippen LogP contribution in [0.4, 0.5) is 0 Å². The van der Waals surface area contributed by atoms with Crippen LogP contribution < -0.4 is 9.47 Å². The highest BCUT2D eigenvalue weighted by atomic mass is 32.2. The average molecular weight is 362 g/mol. The van der Waals surface area contributed by atoms with Crippen molar-refractivity contribution < 1.29 is 22.7 Å². The Hall–Kier alpha value is -2.34. The zero-order valence-corrected chi connectivity index (χ0v) is 15.6. The lowest BCUT2D eigenvalue weighted by atomic mass is 10.2. The summed E-state index contributed by atoms with van der Waals surface area (Å²) in [6.45, 7) is 7.41. The van der Waals surface area contributed by atoms with Gasteiger partial charge in [0.05, 0.1) is 16.4 Å². The summed E-state index contributed by atoms with van der Waals surface area (Å²) in [5.41, 5.74) is 1.35. The van der Waals surface area contributed by atoms with Crippen LogP contribution in [0.25, 0.3) is 0 Å². The molecule has 5 nitrogen and oxygen atoms in total. The van der Waals surface area contributed by atoms with E-state index in [9.17, 15) is 13.2 Å². The number of carbonyl (C=O) groups excluding carboxylic acids is 1. The maximum atomic E-state index is 12.8. The maximum Gasteiger partial charge on any atom is 0.308 e. The SMILES string of the molecule is CCCOc1ccc(S(=O)(=O)c2ccc(OC(C)=O)c(C)c2)cc1C. The summed E-state index contributed by atoms with van der Waals surface area (Å²) < 4.78 is 36.3. The summed E-state index contributed by atoms with van der Waals surface area (Å²) in [5, 5.41) is 0. The summed E-state index contributed by atoms with van der Waals surface area (Å²) in [6, 6.07) is 9.27. The highest BCUT2D eigenvalue weighted by Gasteiger charge is 2.20. The molecular formula is C19H22O5S. The van der Waals surface area contributed by atoms with Crippen LogP contribution in [0.5, 0.6) is 11.5 Å². The van der Waals surface area contributed by atoms with Crippen molar-refractivity contribution in [2.75, 3.05) is 6.61 Å². The molecule has 0 bridgehead atoms. The van der Waals surface area contributed by atoms with Gasteiger partial charge in [-0.1, -0.05) is 6.92 Å². The van der Waals surface area contributed by atoms with Crippen LogP contribution in [0, 0.1) is 13.8 Å². The third-order valence-electron chi connectivity index (χ3n) is 3.63. The number of benzene rings is 2. The van der Waals surface area contributed by atoms with Crippen molar-refractivity contribution >= 4 is 15.8 Å². The molecule has 2 aromatic rings. The van der Waals surface area contributed by atoms with Gasteiger partial charge in [0.1, 0.15) is 11.5 Å². The van der Waals surface area contributed by atoms with E-state index in [2.05, 4.69) is 0 Å². The standard InChI is InChI=1S/C19H22O5S/c1-5-10-23-18-8-6-16(11-13(18)2)25(21,22)17-7-9-19(14(3)12-17)24-15(4)20/h6-9,11-12H,5,10H2,1-4H3. The van der Waals surface area contributed by atoms with E-state index in [1.165, 1.54) is 25.1 Å². The average Bonchev–Trinajstić information content (AvgIpc) is 2.55. The van der Waals surface area contributed by atoms with E-state index in [-0.39, 0.29) is 9.79 Å². The van der Waals surface area contributed by atoms with E-state index in [0.717, 1.165) is 12.0 Å². The number of hydrogen-bond acceptors (Lipinski definition) is 5. The summed E-state index contributed by atoms with van der Waals surface area (Å²) in [6.07, 6.45) is 0.882. The molecule has 0 aliphatic heterocycles. The van der Waals surface area contributed by atoms with Crippen molar-refractivity contribution in [3.8, 4) is 11.5 Å². The highest BCUT2D eigenvalue weighted by molar-refractivity contribution is 7.91. The van der Waals surface area contributed by atoms with Gasteiger partial charge in [-0.2, -0.15) is 0 Å². The molecule has 0 heterocycles. The minimum absolute atomic E-state index is 0.155. The van der Waals surface area contributed by atoms with Crippen molar-refractivity contribution in [1.82, 2.24) is 0 Å². The van der Waals surface area contributed by atoms with Gasteiger partial charge in [0.25, 0.3) is 0 Å². The molecule has 0 saturated carbocycles. The molecule has 0 saturated heterocycles. The predicted octanol–water partition coefficient (Wildman–Crippen LogP) is 3.85. The predicted molar refractivity (Wildman–Crippen MR) is 94.9 cm³/mol. The number of carbonyl (C=O) groups is 1. The third kappa shape index (κ3) is 4.39. The Kier molecular flexibility index (Phi) is 5.85. The first-order valence-corrected chi connectivity index (χ1v) is 9.51. The zero-order chi connectivity index (χ0) is 18.6. The fourth-order valence-electron chi connectivity index (χ4n) is 2.36. The van der Waals surface area contributed by atoms with Crippen LogP contribution in [0.2, 0.25) is 0 Å². The Morgan fingerprint density at radius 3 is 1.92 bits per heavy atom. The first-order chi connectivity index (χ1) is 11.8. The van der Waals surface area contributed by atoms with Gasteiger partial charge in [0.15, 0.2) is 0 Å². The molecule has 6 heteroatoms. The minimum atomic E-state index is -3.66. The summed E-state index contributed by atoms with van der Waals surface area (Å²) in [4.78, 5) is 11.4. The maximum absolute atomic E-state index is 12.8. The largest absolute Gasteiger partial charge is 0.493 e. The van der Waals surface area contributed by atoms with Crippen LogP contribution in [-0.2, 0) is 14.6 Å². The lowest BCUT2D eigenvalue weighted by Crippen LogP contribution is -2.06. The van der Waals surface area contributed by atoms with Crippen LogP contribution in [0.3, 0.4) is 0 Å². The van der Waals surface area contributed by atoms with Gasteiger partial charge >= 0.3 is 5.97 Å². The number of esters is 1. The first kappa shape index (κ1) is 19.0. The van der Waals surface area contributed by atoms with Crippen molar-refractivity contribution in [3.63, 3.8) is 0 Å². The summed E-state index contributed by atoms with van der Waals surface area (Å²) in [5.74, 6) is 0.588. The number of sulfone groups is 1. The first-order valence-electron chi connectivity index (χ1n) is 8.03. The van der Waals surface area contributed by atoms with Gasteiger partial charge in [0.2, 0.25) is 9.84 Å². The normalized spacial score (nSPS) is 11.2. The number of rotatable bonds is 6. The van der Waals surface area contributed by atoms with E-state index in [0.29, 0.717) is 23.7 Å². The van der Waals surface area contributed by atoms with E-state index in [4.69, 9.17) is 9.47 Å². The van der Waals surface area contributed by atoms with Crippen LogP contribution in [0.1, 0.15) is 31.4 Å². The second-order valence-corrected chi connectivity index (χ2v) is 7.75. The molecule has 0 aromatic heterocycles. The Labute approximate surface area is 148 Å². The van der Waals surface area contributed by atoms with Gasteiger partial charge in [-0.05, 0) is 67.8 Å². The van der Waals surface area contributed by atoms with Crippen molar-refractivity contribution in [2.45, 2.75) is 43.9 Å². The fraction of sp³-hybridized carbons (Fsp3) is 0.316. The molecule has 0 aliphatic rings. The smallest absolute Gasteiger partial charge is 0.308 e. The quantitative estimate of drug-likeness (QED) is 0.577. The second-order valence-electron chi connectivity index (χ2n) is 5.80. The Morgan fingerprint density at radius 1 is 0.960 bits per heavy atom. The molecule has 0 atom stereocenters. The summed E-state index contributed by atoms with van der Waals surface area (Å²) >= 11 is 0. The molecular weight excluding hydrogens is 340 g/mol. The van der Waals surface area contributed by atoms with Gasteiger partial charge in [-0.25, -0.2) is 8.42 Å². The van der Waals surface area contributed by atoms with Gasteiger partial charge in [0, 0.05) is 6.92 Å². The Morgan fingerprint density at radius 2 is 1.48 bits per heavy atom. The molecule has 25 heavy (non-hydrogen) atoms. The molecule has 2 rings (SSSR count). The molecule has 134 valence electrons. The fourth-order valence-corrected chi connectivity index (χ4v) is 3.79. The van der Waals surface area contributed by atoms with Crippen molar-refractivity contribution in [3.05, 3.63) is 47.5 Å². The molecule has 0 aliphatic carbocycles. The number of aryl methyl sites for hydroxylation is 2. The van der Waals surface area contributed by atoms with Gasteiger partial charge in [-0.15, -0.1) is 0 Å². The zero-order valence-electron chi connectivity index (χ0n) is 14.8. The van der Waals surface area contributed by atoms with Crippen LogP contribution in [0.15, 0.2) is 46.2 Å². The van der Waals surface area contributed by atoms with Crippen molar-refractivity contribution in [1.29, 1.82) is 0 Å². The Balaban J connectivity index is 2.37. The Bertz CT molecular complexity index is 885. The lowest BCUT2D eigenvalue weighted by molar-refractivity contribution is -0.131. The van der Waals surface area contributed by atoms with E-state index >= 15 is 0 Å². The highest BCUT2D eigenvalue weighted by Crippen LogP contribution is 2.29. The third-order valence-corrected chi connectivity index (χ3v) is 5.38. The minimum Gasteiger partial charge on any atom is -0.493 e. The molecule has 0 amide bonds. The lowest BCUT2D eigenvalue weighted by Gasteiger charge is -2.12. The van der Waals surface area contributed by atoms with E-state index in [1.807, 2.05) is 13.8 Å². The van der Waals surface area contributed by atoms with Crippen molar-refractivity contribution in [2.24, 2.45) is 0 Å². The van der Waals surface area contributed by atoms with E-state index in [1.54, 1.807) is 25.1 Å². The monoisotopic (exact) mass is 362 g/mol. The molecule has 0 radical (unpaired) electrons. The molecule has 0 fully saturated rings. The molecule has 0 unspecified atom stereocenters. The van der Waals surface area contributed by atoms with Crippen LogP contribution in [-0.4, -0.2) is 21.0 Å². The summed E-state index contributed by atoms with van der Waals surface area (Å²) in [7, 11) is -3.66. The number of ether oxygens (including phenoxy) is 2. The van der Waals surface area contributed by atoms with Gasteiger partial charge in [-0.3, -0.25) is 4.79 Å².